The summed E-state index contributed by atoms with van der Waals surface area (Å²) in [6.45, 7) is 0. The van der Waals surface area contributed by atoms with Gasteiger partial charge in [0.15, 0.2) is 0 Å². The van der Waals surface area contributed by atoms with Crippen molar-refractivity contribution >= 4 is 16.9 Å². The summed E-state index contributed by atoms with van der Waals surface area (Å²) in [6.07, 6.45) is 4.58. The Morgan fingerprint density at radius 3 is 2.58 bits per heavy atom. The van der Waals surface area contributed by atoms with Crippen LogP contribution in [-0.2, 0) is 0 Å². The van der Waals surface area contributed by atoms with Gasteiger partial charge in [-0.25, -0.2) is 9.97 Å². The van der Waals surface area contributed by atoms with Crippen molar-refractivity contribution in [2.45, 2.75) is 37.8 Å². The molecule has 3 aromatic heterocycles. The van der Waals surface area contributed by atoms with Gasteiger partial charge in [-0.15, -0.1) is 0 Å². The zero-order valence-electron chi connectivity index (χ0n) is 17.1. The topological polar surface area (TPSA) is 90.9 Å². The number of pyridine rings is 2. The van der Waals surface area contributed by atoms with Crippen molar-refractivity contribution in [3.63, 3.8) is 0 Å². The highest BCUT2D eigenvalue weighted by Gasteiger charge is 2.22. The van der Waals surface area contributed by atoms with Crippen LogP contribution in [0.15, 0.2) is 66.9 Å². The van der Waals surface area contributed by atoms with E-state index in [1.54, 1.807) is 12.3 Å². The predicted octanol–water partition coefficient (Wildman–Crippen LogP) is 4.33. The number of aromatic nitrogens is 3. The molecule has 5 rings (SSSR count). The molecule has 1 saturated carbocycles. The van der Waals surface area contributed by atoms with Crippen LogP contribution in [0.1, 0.15) is 36.2 Å². The van der Waals surface area contributed by atoms with Crippen molar-refractivity contribution in [1.82, 2.24) is 20.3 Å². The summed E-state index contributed by atoms with van der Waals surface area (Å²) >= 11 is 0. The molecule has 3 N–H and O–H groups in total. The second-order valence-electron chi connectivity index (χ2n) is 8.10. The Morgan fingerprint density at radius 1 is 0.968 bits per heavy atom. The molecule has 31 heavy (non-hydrogen) atoms. The van der Waals surface area contributed by atoms with Crippen LogP contribution in [0.25, 0.3) is 33.5 Å². The van der Waals surface area contributed by atoms with Crippen molar-refractivity contribution in [3.8, 4) is 22.5 Å². The number of carbonyl (C=O) groups is 1. The van der Waals surface area contributed by atoms with Gasteiger partial charge in [0.25, 0.3) is 5.91 Å². The number of amides is 1. The van der Waals surface area contributed by atoms with Gasteiger partial charge in [-0.3, -0.25) is 4.79 Å². The third kappa shape index (κ3) is 4.20. The third-order valence-electron chi connectivity index (χ3n) is 5.86. The first-order valence-corrected chi connectivity index (χ1v) is 10.7. The summed E-state index contributed by atoms with van der Waals surface area (Å²) in [5.41, 5.74) is 4.90. The number of rotatable bonds is 4. The maximum atomic E-state index is 12.7. The third-order valence-corrected chi connectivity index (χ3v) is 5.86. The fourth-order valence-corrected chi connectivity index (χ4v) is 4.13. The number of benzene rings is 1. The minimum atomic E-state index is -0.243. The van der Waals surface area contributed by atoms with Gasteiger partial charge >= 0.3 is 0 Å². The maximum Gasteiger partial charge on any atom is 0.270 e. The number of nitrogens with zero attached hydrogens (tertiary/aromatic N) is 2. The molecule has 1 fully saturated rings. The molecular formula is C25H24N4O2. The van der Waals surface area contributed by atoms with E-state index in [4.69, 9.17) is 0 Å². The van der Waals surface area contributed by atoms with Crippen LogP contribution in [0.4, 0.5) is 0 Å². The van der Waals surface area contributed by atoms with E-state index >= 15 is 0 Å². The summed E-state index contributed by atoms with van der Waals surface area (Å²) in [4.78, 5) is 25.2. The van der Waals surface area contributed by atoms with E-state index in [-0.39, 0.29) is 18.1 Å². The number of hydrogen-bond donors (Lipinski definition) is 3. The van der Waals surface area contributed by atoms with E-state index in [1.807, 2.05) is 36.4 Å². The van der Waals surface area contributed by atoms with Crippen molar-refractivity contribution in [3.05, 3.63) is 72.6 Å². The molecule has 1 aliphatic carbocycles. The number of aliphatic hydroxyl groups is 1. The van der Waals surface area contributed by atoms with E-state index < -0.39 is 0 Å². The number of H-pyrrole nitrogens is 1. The van der Waals surface area contributed by atoms with Crippen LogP contribution in [0, 0.1) is 0 Å². The molecule has 0 atom stereocenters. The average Bonchev–Trinajstić information content (AvgIpc) is 3.25. The summed E-state index contributed by atoms with van der Waals surface area (Å²) in [6, 6.07) is 19.8. The van der Waals surface area contributed by atoms with Gasteiger partial charge < -0.3 is 15.4 Å². The van der Waals surface area contributed by atoms with Gasteiger partial charge in [-0.05, 0) is 55.5 Å². The highest BCUT2D eigenvalue weighted by molar-refractivity contribution is 5.93. The van der Waals surface area contributed by atoms with Crippen LogP contribution in [0.5, 0.6) is 0 Å². The van der Waals surface area contributed by atoms with Gasteiger partial charge in [0, 0.05) is 28.9 Å². The van der Waals surface area contributed by atoms with Crippen molar-refractivity contribution in [2.24, 2.45) is 0 Å². The summed E-state index contributed by atoms with van der Waals surface area (Å²) in [5.74, 6) is -0.176. The molecule has 1 aromatic carbocycles. The Morgan fingerprint density at radius 2 is 1.77 bits per heavy atom. The molecule has 6 nitrogen and oxygen atoms in total. The summed E-state index contributed by atoms with van der Waals surface area (Å²) < 4.78 is 0. The number of aliphatic hydroxyl groups excluding tert-OH is 1. The zero-order chi connectivity index (χ0) is 21.2. The van der Waals surface area contributed by atoms with E-state index in [0.717, 1.165) is 53.5 Å². The second kappa shape index (κ2) is 8.32. The number of nitrogens with one attached hydrogen (secondary N) is 2. The fourth-order valence-electron chi connectivity index (χ4n) is 4.13. The number of fused-ring (bicyclic) bond motifs is 1. The predicted molar refractivity (Wildman–Crippen MR) is 120 cm³/mol. The number of carbonyl (C=O) groups excluding carboxylic acids is 1. The Hall–Kier alpha value is -3.51. The van der Waals surface area contributed by atoms with Crippen LogP contribution < -0.4 is 5.32 Å². The molecule has 0 saturated heterocycles. The lowest BCUT2D eigenvalue weighted by molar-refractivity contribution is 0.0863. The molecule has 3 heterocycles. The fraction of sp³-hybridized carbons (Fsp3) is 0.240. The quantitative estimate of drug-likeness (QED) is 0.465. The van der Waals surface area contributed by atoms with Gasteiger partial charge in [0.1, 0.15) is 11.3 Å². The Bertz CT molecular complexity index is 1210. The monoisotopic (exact) mass is 412 g/mol. The molecule has 4 aromatic rings. The molecule has 0 spiro atoms. The smallest absolute Gasteiger partial charge is 0.270 e. The lowest BCUT2D eigenvalue weighted by Gasteiger charge is -2.26. The average molecular weight is 412 g/mol. The molecule has 0 aliphatic heterocycles. The lowest BCUT2D eigenvalue weighted by Crippen LogP contribution is -2.38. The first kappa shape index (κ1) is 19.5. The Labute approximate surface area is 180 Å². The van der Waals surface area contributed by atoms with Gasteiger partial charge in [0.05, 0.1) is 11.8 Å². The second-order valence-corrected chi connectivity index (χ2v) is 8.10. The lowest BCUT2D eigenvalue weighted by atomic mass is 9.93. The molecule has 0 radical (unpaired) electrons. The van der Waals surface area contributed by atoms with Crippen molar-refractivity contribution in [2.75, 3.05) is 0 Å². The van der Waals surface area contributed by atoms with E-state index in [0.29, 0.717) is 11.4 Å². The molecule has 1 aliphatic rings. The zero-order valence-corrected chi connectivity index (χ0v) is 17.1. The van der Waals surface area contributed by atoms with Crippen LogP contribution in [0.2, 0.25) is 0 Å². The van der Waals surface area contributed by atoms with Gasteiger partial charge in [-0.2, -0.15) is 0 Å². The minimum Gasteiger partial charge on any atom is -0.393 e. The van der Waals surface area contributed by atoms with Gasteiger partial charge in [0.2, 0.25) is 0 Å². The van der Waals surface area contributed by atoms with E-state index in [9.17, 15) is 9.90 Å². The molecule has 0 unspecified atom stereocenters. The normalized spacial score (nSPS) is 18.7. The highest BCUT2D eigenvalue weighted by Crippen LogP contribution is 2.26. The van der Waals surface area contributed by atoms with Crippen molar-refractivity contribution < 1.29 is 9.90 Å². The molecular weight excluding hydrogens is 388 g/mol. The van der Waals surface area contributed by atoms with Crippen LogP contribution in [0.3, 0.4) is 0 Å². The highest BCUT2D eigenvalue weighted by atomic mass is 16.3. The molecule has 1 amide bonds. The first-order chi connectivity index (χ1) is 15.2. The summed E-state index contributed by atoms with van der Waals surface area (Å²) in [7, 11) is 0. The molecule has 6 heteroatoms. The first-order valence-electron chi connectivity index (χ1n) is 10.7. The van der Waals surface area contributed by atoms with Crippen LogP contribution in [-0.4, -0.2) is 38.1 Å². The van der Waals surface area contributed by atoms with Crippen molar-refractivity contribution in [1.29, 1.82) is 0 Å². The summed E-state index contributed by atoms with van der Waals surface area (Å²) in [5, 5.41) is 13.7. The number of hydrogen-bond acceptors (Lipinski definition) is 4. The minimum absolute atomic E-state index is 0.0932. The Balaban J connectivity index is 1.38. The van der Waals surface area contributed by atoms with E-state index in [2.05, 4.69) is 38.5 Å². The number of aromatic amines is 1. The Kier molecular flexibility index (Phi) is 5.22. The van der Waals surface area contributed by atoms with Crippen LogP contribution >= 0.6 is 0 Å². The molecule has 0 bridgehead atoms. The largest absolute Gasteiger partial charge is 0.393 e. The van der Waals surface area contributed by atoms with E-state index in [1.165, 1.54) is 0 Å². The SMILES string of the molecule is O=C(NC1CCC(O)CC1)c1cccc(-c2cnc3[nH]c(-c4ccccc4)cc3c2)n1. The maximum absolute atomic E-state index is 12.7. The molecule has 156 valence electrons. The standard InChI is InChI=1S/C25H24N4O2/c30-20-11-9-19(10-12-20)27-25(31)22-8-4-7-21(28-22)18-13-17-14-23(29-24(17)26-15-18)16-5-2-1-3-6-16/h1-8,13-15,19-20,30H,9-12H2,(H,26,29)(H,27,31). The van der Waals surface area contributed by atoms with Gasteiger partial charge in [-0.1, -0.05) is 36.4 Å².